The Hall–Kier alpha value is -5.80. The lowest BCUT2D eigenvalue weighted by molar-refractivity contribution is -0.147. The second-order valence-electron chi connectivity index (χ2n) is 16.6. The lowest BCUT2D eigenvalue weighted by Gasteiger charge is -2.43. The molecule has 4 heterocycles. The van der Waals surface area contributed by atoms with Gasteiger partial charge in [0.1, 0.15) is 35.4 Å². The number of benzene rings is 2. The molecular formula is C45H56F3N9O8. The molecule has 4 unspecified atom stereocenters. The summed E-state index contributed by atoms with van der Waals surface area (Å²) in [4.78, 5) is 58.5. The Morgan fingerprint density at radius 1 is 0.954 bits per heavy atom. The molecule has 0 spiro atoms. The molecule has 2 aliphatic rings. The van der Waals surface area contributed by atoms with Crippen LogP contribution < -0.4 is 10.6 Å². The fraction of sp³-hybridized carbons (Fsp3) is 0.489. The summed E-state index contributed by atoms with van der Waals surface area (Å²) in [6.45, 7) is 7.60. The maximum Gasteiger partial charge on any atom is 0.253 e. The molecule has 2 aromatic heterocycles. The summed E-state index contributed by atoms with van der Waals surface area (Å²) in [6.07, 6.45) is 2.71. The maximum absolute atomic E-state index is 15.3. The minimum atomic E-state index is -1.49. The number of imidazole rings is 1. The number of aromatic nitrogens is 5. The molecule has 6 rings (SSSR count). The first-order valence-electron chi connectivity index (χ1n) is 21.5. The van der Waals surface area contributed by atoms with Gasteiger partial charge in [0.05, 0.1) is 70.7 Å². The van der Waals surface area contributed by atoms with Crippen LogP contribution >= 0.6 is 0 Å². The normalized spacial score (nSPS) is 17.2. The van der Waals surface area contributed by atoms with Crippen molar-refractivity contribution in [2.75, 3.05) is 65.8 Å². The van der Waals surface area contributed by atoms with Crippen LogP contribution in [-0.4, -0.2) is 141 Å². The van der Waals surface area contributed by atoms with Crippen LogP contribution in [0.5, 0.6) is 0 Å². The second kappa shape index (κ2) is 22.9. The molecule has 4 atom stereocenters. The highest BCUT2D eigenvalue weighted by Crippen LogP contribution is 2.43. The number of nitrogens with zero attached hydrogens (tertiary/aromatic N) is 7. The third-order valence-electron chi connectivity index (χ3n) is 11.0. The van der Waals surface area contributed by atoms with Gasteiger partial charge in [0.25, 0.3) is 17.7 Å². The van der Waals surface area contributed by atoms with E-state index in [0.717, 1.165) is 28.7 Å². The van der Waals surface area contributed by atoms with Gasteiger partial charge in [-0.1, -0.05) is 49.4 Å². The number of halogens is 3. The minimum absolute atomic E-state index is 0.0406. The molecule has 1 fully saturated rings. The Morgan fingerprint density at radius 2 is 1.65 bits per heavy atom. The van der Waals surface area contributed by atoms with Crippen LogP contribution in [0.2, 0.25) is 0 Å². The Balaban J connectivity index is 1.04. The van der Waals surface area contributed by atoms with E-state index in [9.17, 15) is 28.7 Å². The number of carbonyl (C=O) groups excluding carboxylic acids is 4. The van der Waals surface area contributed by atoms with E-state index in [2.05, 4.69) is 20.9 Å². The topological polar surface area (TPSA) is 195 Å². The smallest absolute Gasteiger partial charge is 0.253 e. The number of nitrogens with one attached hydrogen (secondary N) is 2. The first-order valence-corrected chi connectivity index (χ1v) is 21.5. The van der Waals surface area contributed by atoms with Crippen molar-refractivity contribution in [1.82, 2.24) is 45.0 Å². The van der Waals surface area contributed by atoms with Crippen molar-refractivity contribution in [3.63, 3.8) is 0 Å². The number of carbonyl (C=O) groups is 4. The van der Waals surface area contributed by atoms with Gasteiger partial charge in [-0.05, 0) is 30.7 Å². The highest BCUT2D eigenvalue weighted by molar-refractivity contribution is 6.12. The lowest BCUT2D eigenvalue weighted by atomic mass is 9.78. The monoisotopic (exact) mass is 907 g/mol. The molecule has 350 valence electrons. The zero-order valence-corrected chi connectivity index (χ0v) is 36.7. The molecule has 1 saturated heterocycles. The van der Waals surface area contributed by atoms with Crippen molar-refractivity contribution < 1.29 is 51.7 Å². The summed E-state index contributed by atoms with van der Waals surface area (Å²) in [7, 11) is 0. The second-order valence-corrected chi connectivity index (χ2v) is 16.6. The zero-order valence-electron chi connectivity index (χ0n) is 36.7. The molecule has 65 heavy (non-hydrogen) atoms. The van der Waals surface area contributed by atoms with Crippen LogP contribution in [0.4, 0.5) is 13.2 Å². The van der Waals surface area contributed by atoms with Gasteiger partial charge in [-0.15, -0.1) is 5.10 Å². The van der Waals surface area contributed by atoms with Crippen molar-refractivity contribution in [1.29, 1.82) is 0 Å². The predicted octanol–water partition coefficient (Wildman–Crippen LogP) is 2.98. The van der Waals surface area contributed by atoms with Crippen molar-refractivity contribution in [3.8, 4) is 11.3 Å². The van der Waals surface area contributed by atoms with Crippen LogP contribution in [0.3, 0.4) is 0 Å². The number of amides is 4. The third kappa shape index (κ3) is 13.4. The highest BCUT2D eigenvalue weighted by atomic mass is 19.1. The number of rotatable bonds is 25. The lowest BCUT2D eigenvalue weighted by Crippen LogP contribution is -2.50. The molecule has 4 aromatic rings. The van der Waals surface area contributed by atoms with Crippen molar-refractivity contribution in [2.45, 2.75) is 65.1 Å². The summed E-state index contributed by atoms with van der Waals surface area (Å²) >= 11 is 0. The average molecular weight is 908 g/mol. The quantitative estimate of drug-likeness (QED) is 0.0652. The van der Waals surface area contributed by atoms with Crippen LogP contribution in [0.15, 0.2) is 73.1 Å². The summed E-state index contributed by atoms with van der Waals surface area (Å²) in [6, 6.07) is 11.3. The van der Waals surface area contributed by atoms with Crippen LogP contribution in [0.25, 0.3) is 11.3 Å². The molecular weight excluding hydrogens is 852 g/mol. The number of ether oxygens (including phenoxy) is 3. The maximum atomic E-state index is 15.3. The number of aliphatic hydroxyl groups excluding tert-OH is 1. The number of hydrogen-bond acceptors (Lipinski definition) is 12. The average Bonchev–Trinajstić information content (AvgIpc) is 4.07. The van der Waals surface area contributed by atoms with Crippen LogP contribution in [0.1, 0.15) is 50.3 Å². The van der Waals surface area contributed by atoms with Gasteiger partial charge in [0.2, 0.25) is 5.91 Å². The predicted molar refractivity (Wildman–Crippen MR) is 229 cm³/mol. The molecule has 4 amide bonds. The van der Waals surface area contributed by atoms with Crippen LogP contribution in [-0.2, 0) is 53.0 Å². The Bertz CT molecular complexity index is 2250. The third-order valence-corrected chi connectivity index (χ3v) is 11.0. The molecule has 0 radical (unpaired) electrons. The minimum Gasteiger partial charge on any atom is -0.384 e. The van der Waals surface area contributed by atoms with Crippen LogP contribution in [0, 0.1) is 23.0 Å². The molecule has 0 bridgehead atoms. The van der Waals surface area contributed by atoms with Gasteiger partial charge in [-0.3, -0.25) is 24.1 Å². The molecule has 0 aliphatic carbocycles. The molecule has 0 saturated carbocycles. The molecule has 17 nitrogen and oxygen atoms in total. The summed E-state index contributed by atoms with van der Waals surface area (Å²) in [5, 5.41) is 24.6. The first kappa shape index (κ1) is 48.7. The van der Waals surface area contributed by atoms with E-state index in [0.29, 0.717) is 32.1 Å². The SMILES string of the molecule is CC(O)C(=O)N(CC1CNCC1F)C(c1nc(-c2cc(F)ccc2F)cn1Cc1ccccc1)C(C)(C)CC(=O)NCCOCCOCCOCCn1cc(CN2C(=O)C=CC2=O)nn1. The molecule has 2 aromatic carbocycles. The van der Waals surface area contributed by atoms with Crippen molar-refractivity contribution in [3.05, 3.63) is 102 Å². The fourth-order valence-corrected chi connectivity index (χ4v) is 7.79. The van der Waals surface area contributed by atoms with Gasteiger partial charge in [-0.2, -0.15) is 0 Å². The number of imide groups is 1. The first-order chi connectivity index (χ1) is 31.2. The van der Waals surface area contributed by atoms with Gasteiger partial charge in [0.15, 0.2) is 0 Å². The van der Waals surface area contributed by atoms with E-state index in [1.807, 2.05) is 30.3 Å². The largest absolute Gasteiger partial charge is 0.384 e. The van der Waals surface area contributed by atoms with Gasteiger partial charge in [0, 0.05) is 74.4 Å². The van der Waals surface area contributed by atoms with E-state index in [1.54, 1.807) is 35.5 Å². The summed E-state index contributed by atoms with van der Waals surface area (Å²) in [5.41, 5.74) is 0.171. The van der Waals surface area contributed by atoms with E-state index in [4.69, 9.17) is 19.2 Å². The molecule has 20 heteroatoms. The zero-order chi connectivity index (χ0) is 46.5. The highest BCUT2D eigenvalue weighted by Gasteiger charge is 2.45. The number of hydrogen-bond donors (Lipinski definition) is 3. The van der Waals surface area contributed by atoms with Crippen molar-refractivity contribution >= 4 is 23.6 Å². The Kier molecular flexibility index (Phi) is 17.1. The van der Waals surface area contributed by atoms with E-state index < -0.39 is 59.0 Å². The van der Waals surface area contributed by atoms with E-state index >= 15 is 8.78 Å². The summed E-state index contributed by atoms with van der Waals surface area (Å²) < 4.78 is 65.1. The van der Waals surface area contributed by atoms with E-state index in [1.165, 1.54) is 24.0 Å². The van der Waals surface area contributed by atoms with Gasteiger partial charge in [-0.25, -0.2) is 22.8 Å². The Labute approximate surface area is 374 Å². The number of aliphatic hydroxyl groups is 1. The standard InChI is InChI=1S/C45H56F3N9O8/c1-30(58)44(62)57(26-32-23-49-24-37(32)48)42(43-51-38(35-21-33(46)9-10-36(35)47)29-54(43)25-31-7-5-4-6-8-31)45(2,3)22-39(59)50-13-15-63-17-19-65-20-18-64-16-14-55-27-34(52-53-55)28-56-40(60)11-12-41(56)61/h4-12,21,27,29-30,32,37,42,49,58H,13-20,22-26,28H2,1-3H3,(H,50,59). The van der Waals surface area contributed by atoms with Gasteiger partial charge >= 0.3 is 0 Å². The van der Waals surface area contributed by atoms with E-state index in [-0.39, 0.29) is 88.5 Å². The van der Waals surface area contributed by atoms with Gasteiger partial charge < -0.3 is 39.4 Å². The fourth-order valence-electron chi connectivity index (χ4n) is 7.79. The Morgan fingerprint density at radius 3 is 2.32 bits per heavy atom. The van der Waals surface area contributed by atoms with Crippen molar-refractivity contribution in [2.24, 2.45) is 11.3 Å². The molecule has 3 N–H and O–H groups in total. The molecule has 2 aliphatic heterocycles. The number of alkyl halides is 1. The summed E-state index contributed by atoms with van der Waals surface area (Å²) in [5.74, 6) is -3.64.